The topological polar surface area (TPSA) is 49.3 Å². The first-order valence-corrected chi connectivity index (χ1v) is 7.11. The van der Waals surface area contributed by atoms with Gasteiger partial charge in [-0.3, -0.25) is 4.79 Å². The van der Waals surface area contributed by atoms with E-state index in [4.69, 9.17) is 5.11 Å². The molecule has 0 atom stereocenters. The van der Waals surface area contributed by atoms with Crippen molar-refractivity contribution >= 4 is 27.6 Å². The summed E-state index contributed by atoms with van der Waals surface area (Å²) in [6.45, 7) is 2.07. The lowest BCUT2D eigenvalue weighted by atomic mass is 9.86. The lowest BCUT2D eigenvalue weighted by Crippen LogP contribution is -2.29. The Morgan fingerprint density at radius 3 is 2.61 bits per heavy atom. The summed E-state index contributed by atoms with van der Waals surface area (Å²) in [7, 11) is 0. The number of benzene rings is 1. The van der Waals surface area contributed by atoms with Crippen molar-refractivity contribution in [2.24, 2.45) is 5.92 Å². The van der Waals surface area contributed by atoms with E-state index in [1.807, 2.05) is 6.07 Å². The van der Waals surface area contributed by atoms with Gasteiger partial charge in [0, 0.05) is 16.2 Å². The Morgan fingerprint density at radius 1 is 1.33 bits per heavy atom. The molecular weight excluding hydrogens is 294 g/mol. The summed E-state index contributed by atoms with van der Waals surface area (Å²) in [4.78, 5) is 10.9. The first kappa shape index (κ1) is 13.4. The van der Waals surface area contributed by atoms with Crippen molar-refractivity contribution in [3.63, 3.8) is 0 Å². The summed E-state index contributed by atoms with van der Waals surface area (Å²) >= 11 is 3.54. The van der Waals surface area contributed by atoms with Gasteiger partial charge in [0.15, 0.2) is 0 Å². The highest BCUT2D eigenvalue weighted by Gasteiger charge is 2.25. The molecular formula is C14H18BrNO2. The fourth-order valence-electron chi connectivity index (χ4n) is 2.45. The van der Waals surface area contributed by atoms with Crippen LogP contribution in [0.25, 0.3) is 0 Å². The number of rotatable bonds is 3. The average molecular weight is 312 g/mol. The van der Waals surface area contributed by atoms with Crippen molar-refractivity contribution < 1.29 is 9.90 Å². The Labute approximate surface area is 116 Å². The summed E-state index contributed by atoms with van der Waals surface area (Å²) in [5, 5.41) is 12.5. The van der Waals surface area contributed by atoms with Gasteiger partial charge in [-0.15, -0.1) is 0 Å². The Bertz CT molecular complexity index is 439. The lowest BCUT2D eigenvalue weighted by Gasteiger charge is -2.28. The molecule has 0 heterocycles. The number of hydrogen-bond donors (Lipinski definition) is 2. The third-order valence-corrected chi connectivity index (χ3v) is 4.25. The first-order valence-electron chi connectivity index (χ1n) is 6.32. The molecule has 18 heavy (non-hydrogen) atoms. The monoisotopic (exact) mass is 311 g/mol. The van der Waals surface area contributed by atoms with Gasteiger partial charge in [-0.05, 0) is 66.2 Å². The summed E-state index contributed by atoms with van der Waals surface area (Å²) in [6.07, 6.45) is 3.40. The molecule has 1 aromatic carbocycles. The fraction of sp³-hybridized carbons (Fsp3) is 0.500. The van der Waals surface area contributed by atoms with Gasteiger partial charge in [0.1, 0.15) is 0 Å². The molecule has 0 spiro atoms. The maximum Gasteiger partial charge on any atom is 0.306 e. The second kappa shape index (κ2) is 5.74. The molecule has 1 aliphatic rings. The number of hydrogen-bond acceptors (Lipinski definition) is 2. The zero-order valence-corrected chi connectivity index (χ0v) is 12.0. The standard InChI is InChI=1S/C14H18BrNO2/c1-9-2-7-12(15)13(8-9)16-11-5-3-10(4-6-11)14(17)18/h2,7-8,10-11,16H,3-6H2,1H3,(H,17,18). The fourth-order valence-corrected chi connectivity index (χ4v) is 2.82. The van der Waals surface area contributed by atoms with Gasteiger partial charge in [-0.1, -0.05) is 6.07 Å². The van der Waals surface area contributed by atoms with Crippen molar-refractivity contribution in [3.8, 4) is 0 Å². The van der Waals surface area contributed by atoms with E-state index < -0.39 is 5.97 Å². The third-order valence-electron chi connectivity index (χ3n) is 3.56. The molecule has 0 unspecified atom stereocenters. The van der Waals surface area contributed by atoms with E-state index in [1.54, 1.807) is 0 Å². The predicted molar refractivity (Wildman–Crippen MR) is 75.9 cm³/mol. The molecule has 1 aromatic rings. The van der Waals surface area contributed by atoms with Crippen molar-refractivity contribution in [3.05, 3.63) is 28.2 Å². The molecule has 2 N–H and O–H groups in total. The minimum Gasteiger partial charge on any atom is -0.481 e. The highest BCUT2D eigenvalue weighted by molar-refractivity contribution is 9.10. The number of halogens is 1. The molecule has 0 aliphatic heterocycles. The van der Waals surface area contributed by atoms with E-state index in [-0.39, 0.29) is 5.92 Å². The van der Waals surface area contributed by atoms with Crippen molar-refractivity contribution in [2.75, 3.05) is 5.32 Å². The molecule has 1 fully saturated rings. The van der Waals surface area contributed by atoms with Crippen LogP contribution in [0, 0.1) is 12.8 Å². The number of carboxylic acid groups (broad SMARTS) is 1. The SMILES string of the molecule is Cc1ccc(Br)c(NC2CCC(C(=O)O)CC2)c1. The van der Waals surface area contributed by atoms with E-state index in [9.17, 15) is 4.79 Å². The average Bonchev–Trinajstić information content (AvgIpc) is 2.34. The molecule has 0 aromatic heterocycles. The highest BCUT2D eigenvalue weighted by Crippen LogP contribution is 2.30. The molecule has 0 saturated heterocycles. The Kier molecular flexibility index (Phi) is 4.27. The summed E-state index contributed by atoms with van der Waals surface area (Å²) in [6, 6.07) is 6.61. The molecule has 2 rings (SSSR count). The third kappa shape index (κ3) is 3.25. The van der Waals surface area contributed by atoms with Crippen molar-refractivity contribution in [1.29, 1.82) is 0 Å². The van der Waals surface area contributed by atoms with E-state index in [0.717, 1.165) is 35.8 Å². The largest absolute Gasteiger partial charge is 0.481 e. The smallest absolute Gasteiger partial charge is 0.306 e. The van der Waals surface area contributed by atoms with Crippen LogP contribution >= 0.6 is 15.9 Å². The zero-order chi connectivity index (χ0) is 13.1. The number of carbonyl (C=O) groups is 1. The normalized spacial score (nSPS) is 23.7. The maximum atomic E-state index is 10.9. The first-order chi connectivity index (χ1) is 8.56. The molecule has 3 nitrogen and oxygen atoms in total. The van der Waals surface area contributed by atoms with E-state index >= 15 is 0 Å². The number of nitrogens with one attached hydrogen (secondary N) is 1. The molecule has 4 heteroatoms. The summed E-state index contributed by atoms with van der Waals surface area (Å²) in [5.74, 6) is -0.797. The molecule has 1 aliphatic carbocycles. The Hall–Kier alpha value is -1.03. The second-order valence-electron chi connectivity index (χ2n) is 5.01. The Balaban J connectivity index is 1.95. The van der Waals surface area contributed by atoms with Crippen LogP contribution in [0.5, 0.6) is 0 Å². The molecule has 0 amide bonds. The van der Waals surface area contributed by atoms with Gasteiger partial charge in [0.2, 0.25) is 0 Å². The lowest BCUT2D eigenvalue weighted by molar-refractivity contribution is -0.142. The highest BCUT2D eigenvalue weighted by atomic mass is 79.9. The van der Waals surface area contributed by atoms with E-state index in [2.05, 4.69) is 40.3 Å². The Morgan fingerprint density at radius 2 is 2.00 bits per heavy atom. The van der Waals surface area contributed by atoms with E-state index in [1.165, 1.54) is 5.56 Å². The van der Waals surface area contributed by atoms with Crippen molar-refractivity contribution in [2.45, 2.75) is 38.6 Å². The minimum absolute atomic E-state index is 0.149. The molecule has 98 valence electrons. The minimum atomic E-state index is -0.648. The quantitative estimate of drug-likeness (QED) is 0.892. The van der Waals surface area contributed by atoms with Gasteiger partial charge in [-0.2, -0.15) is 0 Å². The molecule has 0 radical (unpaired) electrons. The molecule has 1 saturated carbocycles. The van der Waals surface area contributed by atoms with Gasteiger partial charge in [0.25, 0.3) is 0 Å². The van der Waals surface area contributed by atoms with Crippen LogP contribution in [0.2, 0.25) is 0 Å². The van der Waals surface area contributed by atoms with Gasteiger partial charge in [0.05, 0.1) is 5.92 Å². The zero-order valence-electron chi connectivity index (χ0n) is 10.4. The number of aliphatic carboxylic acids is 1. The summed E-state index contributed by atoms with van der Waals surface area (Å²) < 4.78 is 1.06. The number of aryl methyl sites for hydroxylation is 1. The summed E-state index contributed by atoms with van der Waals surface area (Å²) in [5.41, 5.74) is 2.33. The number of carboxylic acids is 1. The van der Waals surface area contributed by atoms with Crippen LogP contribution in [0.1, 0.15) is 31.2 Å². The van der Waals surface area contributed by atoms with Gasteiger partial charge in [-0.25, -0.2) is 0 Å². The van der Waals surface area contributed by atoms with Crippen molar-refractivity contribution in [1.82, 2.24) is 0 Å². The van der Waals surface area contributed by atoms with E-state index in [0.29, 0.717) is 6.04 Å². The van der Waals surface area contributed by atoms with Crippen LogP contribution in [-0.4, -0.2) is 17.1 Å². The second-order valence-corrected chi connectivity index (χ2v) is 5.87. The van der Waals surface area contributed by atoms with Crippen LogP contribution in [-0.2, 0) is 4.79 Å². The number of anilines is 1. The molecule has 0 bridgehead atoms. The van der Waals surface area contributed by atoms with Crippen LogP contribution < -0.4 is 5.32 Å². The van der Waals surface area contributed by atoms with Gasteiger partial charge >= 0.3 is 5.97 Å². The predicted octanol–water partition coefficient (Wildman–Crippen LogP) is 3.81. The van der Waals surface area contributed by atoms with Gasteiger partial charge < -0.3 is 10.4 Å². The maximum absolute atomic E-state index is 10.9. The van der Waals surface area contributed by atoms with Crippen LogP contribution in [0.15, 0.2) is 22.7 Å². The van der Waals surface area contributed by atoms with Crippen LogP contribution in [0.3, 0.4) is 0 Å². The van der Waals surface area contributed by atoms with Crippen LogP contribution in [0.4, 0.5) is 5.69 Å².